The monoisotopic (exact) mass is 336 g/mol. The Morgan fingerprint density at radius 2 is 1.76 bits per heavy atom. The number of hydrogen-bond donors (Lipinski definition) is 0. The normalized spacial score (nSPS) is 18.0. The van der Waals surface area contributed by atoms with E-state index in [2.05, 4.69) is 35.3 Å². The fourth-order valence-corrected chi connectivity index (χ4v) is 4.19. The molecule has 0 N–H and O–H groups in total. The van der Waals surface area contributed by atoms with Crippen molar-refractivity contribution < 1.29 is 9.53 Å². The SMILES string of the molecule is CC(C)(C)OC(=O)N1CCC2(CC1)c1ccccc1-c1ncccc12. The molecule has 2 heterocycles. The second-order valence-electron chi connectivity index (χ2n) is 7.99. The Labute approximate surface area is 148 Å². The number of benzene rings is 1. The third kappa shape index (κ3) is 2.60. The first-order valence-corrected chi connectivity index (χ1v) is 8.94. The van der Waals surface area contributed by atoms with Crippen molar-refractivity contribution in [2.24, 2.45) is 0 Å². The number of fused-ring (bicyclic) bond motifs is 5. The molecule has 0 bridgehead atoms. The Kier molecular flexibility index (Phi) is 3.60. The maximum absolute atomic E-state index is 12.4. The number of aromatic nitrogens is 1. The van der Waals surface area contributed by atoms with E-state index >= 15 is 0 Å². The van der Waals surface area contributed by atoms with Crippen molar-refractivity contribution in [2.45, 2.75) is 44.6 Å². The minimum atomic E-state index is -0.456. The van der Waals surface area contributed by atoms with Crippen molar-refractivity contribution in [1.29, 1.82) is 0 Å². The summed E-state index contributed by atoms with van der Waals surface area (Å²) in [5, 5.41) is 0. The minimum absolute atomic E-state index is 0.0291. The zero-order valence-electron chi connectivity index (χ0n) is 15.1. The summed E-state index contributed by atoms with van der Waals surface area (Å²) in [5.74, 6) is 0. The van der Waals surface area contributed by atoms with Crippen LogP contribution in [0.4, 0.5) is 4.79 Å². The number of rotatable bonds is 0. The number of ether oxygens (including phenoxy) is 1. The van der Waals surface area contributed by atoms with Crippen molar-refractivity contribution in [3.63, 3.8) is 0 Å². The Hall–Kier alpha value is -2.36. The maximum atomic E-state index is 12.4. The van der Waals surface area contributed by atoms with E-state index in [1.807, 2.05) is 37.9 Å². The van der Waals surface area contributed by atoms with Crippen molar-refractivity contribution >= 4 is 6.09 Å². The van der Waals surface area contributed by atoms with Gasteiger partial charge in [-0.1, -0.05) is 30.3 Å². The van der Waals surface area contributed by atoms with E-state index in [-0.39, 0.29) is 11.5 Å². The molecular formula is C21H24N2O2. The highest BCUT2D eigenvalue weighted by Gasteiger charge is 2.46. The van der Waals surface area contributed by atoms with E-state index in [1.54, 1.807) is 0 Å². The van der Waals surface area contributed by atoms with E-state index in [9.17, 15) is 4.79 Å². The number of likely N-dealkylation sites (tertiary alicyclic amines) is 1. The molecule has 4 nitrogen and oxygen atoms in total. The summed E-state index contributed by atoms with van der Waals surface area (Å²) >= 11 is 0. The fraction of sp³-hybridized carbons (Fsp3) is 0.429. The second-order valence-corrected chi connectivity index (χ2v) is 7.99. The molecule has 0 saturated carbocycles. The molecule has 1 aliphatic carbocycles. The average molecular weight is 336 g/mol. The number of carbonyl (C=O) groups excluding carboxylic acids is 1. The third-order valence-electron chi connectivity index (χ3n) is 5.29. The molecule has 2 aliphatic rings. The van der Waals surface area contributed by atoms with Crippen LogP contribution >= 0.6 is 0 Å². The molecule has 130 valence electrons. The van der Waals surface area contributed by atoms with Gasteiger partial charge in [-0.3, -0.25) is 4.98 Å². The first kappa shape index (κ1) is 16.1. The van der Waals surface area contributed by atoms with Gasteiger partial charge in [0, 0.05) is 30.3 Å². The highest BCUT2D eigenvalue weighted by atomic mass is 16.6. The lowest BCUT2D eigenvalue weighted by molar-refractivity contribution is 0.0181. The molecule has 0 radical (unpaired) electrons. The first-order chi connectivity index (χ1) is 11.9. The van der Waals surface area contributed by atoms with Crippen LogP contribution in [0.1, 0.15) is 44.7 Å². The number of piperidine rings is 1. The predicted molar refractivity (Wildman–Crippen MR) is 97.5 cm³/mol. The van der Waals surface area contributed by atoms with Crippen molar-refractivity contribution in [1.82, 2.24) is 9.88 Å². The van der Waals surface area contributed by atoms with Gasteiger partial charge in [0.05, 0.1) is 5.69 Å². The second kappa shape index (κ2) is 5.58. The third-order valence-corrected chi connectivity index (χ3v) is 5.29. The van der Waals surface area contributed by atoms with Gasteiger partial charge in [-0.05, 0) is 50.8 Å². The molecule has 1 saturated heterocycles. The Morgan fingerprint density at radius 1 is 1.08 bits per heavy atom. The fourth-order valence-electron chi connectivity index (χ4n) is 4.19. The molecule has 1 spiro atoms. The van der Waals surface area contributed by atoms with E-state index in [4.69, 9.17) is 4.74 Å². The number of pyridine rings is 1. The highest BCUT2D eigenvalue weighted by molar-refractivity contribution is 5.78. The number of amides is 1. The molecule has 1 fully saturated rings. The molecule has 1 aromatic heterocycles. The predicted octanol–water partition coefficient (Wildman–Crippen LogP) is 4.38. The van der Waals surface area contributed by atoms with Gasteiger partial charge >= 0.3 is 6.09 Å². The van der Waals surface area contributed by atoms with Gasteiger partial charge in [-0.25, -0.2) is 4.79 Å². The van der Waals surface area contributed by atoms with Crippen molar-refractivity contribution in [3.05, 3.63) is 53.7 Å². The lowest BCUT2D eigenvalue weighted by Crippen LogP contribution is -2.46. The van der Waals surface area contributed by atoms with E-state index < -0.39 is 5.60 Å². The molecule has 1 amide bonds. The molecule has 1 aromatic carbocycles. The van der Waals surface area contributed by atoms with Crippen LogP contribution in [0.15, 0.2) is 42.6 Å². The van der Waals surface area contributed by atoms with Crippen LogP contribution in [0.5, 0.6) is 0 Å². The van der Waals surface area contributed by atoms with Crippen LogP contribution in [0.25, 0.3) is 11.3 Å². The molecule has 0 atom stereocenters. The molecule has 25 heavy (non-hydrogen) atoms. The molecule has 1 aliphatic heterocycles. The zero-order chi connectivity index (χ0) is 17.7. The largest absolute Gasteiger partial charge is 0.444 e. The molecule has 2 aromatic rings. The van der Waals surface area contributed by atoms with Gasteiger partial charge < -0.3 is 9.64 Å². The van der Waals surface area contributed by atoms with Crippen molar-refractivity contribution in [2.75, 3.05) is 13.1 Å². The first-order valence-electron chi connectivity index (χ1n) is 8.94. The summed E-state index contributed by atoms with van der Waals surface area (Å²) in [6, 6.07) is 12.8. The van der Waals surface area contributed by atoms with Gasteiger partial charge in [0.15, 0.2) is 0 Å². The summed E-state index contributed by atoms with van der Waals surface area (Å²) in [5.41, 5.74) is 4.52. The van der Waals surface area contributed by atoms with Gasteiger partial charge in [-0.2, -0.15) is 0 Å². The smallest absolute Gasteiger partial charge is 0.410 e. The van der Waals surface area contributed by atoms with Gasteiger partial charge in [-0.15, -0.1) is 0 Å². The van der Waals surface area contributed by atoms with Gasteiger partial charge in [0.25, 0.3) is 0 Å². The van der Waals surface area contributed by atoms with Gasteiger partial charge in [0.1, 0.15) is 5.60 Å². The molecule has 0 unspecified atom stereocenters. The van der Waals surface area contributed by atoms with Crippen LogP contribution < -0.4 is 0 Å². The number of carbonyl (C=O) groups is 1. The van der Waals surface area contributed by atoms with Crippen LogP contribution in [0.3, 0.4) is 0 Å². The van der Waals surface area contributed by atoms with E-state index in [1.165, 1.54) is 16.7 Å². The summed E-state index contributed by atoms with van der Waals surface area (Å²) in [6.45, 7) is 7.14. The van der Waals surface area contributed by atoms with Crippen LogP contribution in [-0.2, 0) is 10.2 Å². The summed E-state index contributed by atoms with van der Waals surface area (Å²) in [6.07, 6.45) is 3.47. The molecular weight excluding hydrogens is 312 g/mol. The Bertz CT molecular complexity index is 767. The van der Waals surface area contributed by atoms with Crippen LogP contribution in [0.2, 0.25) is 0 Å². The molecule has 4 heteroatoms. The summed E-state index contributed by atoms with van der Waals surface area (Å²) in [7, 11) is 0. The average Bonchev–Trinajstić information content (AvgIpc) is 2.85. The van der Waals surface area contributed by atoms with E-state index in [0.29, 0.717) is 13.1 Å². The van der Waals surface area contributed by atoms with Gasteiger partial charge in [0.2, 0.25) is 0 Å². The van der Waals surface area contributed by atoms with E-state index in [0.717, 1.165) is 18.5 Å². The standard InChI is InChI=1S/C21H24N2O2/c1-20(2,3)25-19(24)23-13-10-21(11-14-23)16-8-5-4-7-15(16)18-17(21)9-6-12-22-18/h4-9,12H,10-11,13-14H2,1-3H3. The molecule has 4 rings (SSSR count). The zero-order valence-corrected chi connectivity index (χ0v) is 15.1. The number of hydrogen-bond acceptors (Lipinski definition) is 3. The Morgan fingerprint density at radius 3 is 2.48 bits per heavy atom. The summed E-state index contributed by atoms with van der Waals surface area (Å²) in [4.78, 5) is 18.9. The Balaban J connectivity index is 1.64. The number of nitrogens with zero attached hydrogens (tertiary/aromatic N) is 2. The quantitative estimate of drug-likeness (QED) is 0.717. The van der Waals surface area contributed by atoms with Crippen LogP contribution in [-0.4, -0.2) is 34.7 Å². The topological polar surface area (TPSA) is 42.4 Å². The lowest BCUT2D eigenvalue weighted by Gasteiger charge is -2.41. The van der Waals surface area contributed by atoms with Crippen molar-refractivity contribution in [3.8, 4) is 11.3 Å². The van der Waals surface area contributed by atoms with Crippen LogP contribution in [0, 0.1) is 0 Å². The highest BCUT2D eigenvalue weighted by Crippen LogP contribution is 2.53. The lowest BCUT2D eigenvalue weighted by atomic mass is 9.71. The summed E-state index contributed by atoms with van der Waals surface area (Å²) < 4.78 is 5.54. The maximum Gasteiger partial charge on any atom is 0.410 e. The minimum Gasteiger partial charge on any atom is -0.444 e.